The van der Waals surface area contributed by atoms with Crippen LogP contribution < -0.4 is 15.4 Å². The third-order valence-electron chi connectivity index (χ3n) is 4.78. The zero-order valence-corrected chi connectivity index (χ0v) is 17.1. The molecule has 148 valence electrons. The summed E-state index contributed by atoms with van der Waals surface area (Å²) < 4.78 is 5.47. The first-order chi connectivity index (χ1) is 14.7. The second-order valence-electron chi connectivity index (χ2n) is 6.83. The number of thiocarbonyl (C=S) groups is 1. The van der Waals surface area contributed by atoms with E-state index in [1.165, 1.54) is 0 Å². The molecule has 7 heteroatoms. The van der Waals surface area contributed by atoms with Gasteiger partial charge in [-0.15, -0.1) is 0 Å². The van der Waals surface area contributed by atoms with E-state index in [1.54, 1.807) is 0 Å². The number of fused-ring (bicyclic) bond motifs is 4. The minimum atomic E-state index is 0.509. The molecule has 0 bridgehead atoms. The molecule has 0 spiro atoms. The van der Waals surface area contributed by atoms with Crippen LogP contribution in [0.5, 0.6) is 5.75 Å². The minimum Gasteiger partial charge on any atom is -0.494 e. The summed E-state index contributed by atoms with van der Waals surface area (Å²) in [5, 5.41) is 7.94. The van der Waals surface area contributed by atoms with Crippen molar-refractivity contribution in [1.29, 1.82) is 0 Å². The maximum atomic E-state index is 5.47. The molecule has 0 aliphatic rings. The number of aromatic nitrogens is 3. The molecule has 5 aromatic rings. The van der Waals surface area contributed by atoms with Gasteiger partial charge in [-0.25, -0.2) is 9.97 Å². The zero-order chi connectivity index (χ0) is 20.5. The second-order valence-corrected chi connectivity index (χ2v) is 7.24. The number of nitrogens with zero attached hydrogens (tertiary/aromatic N) is 2. The van der Waals surface area contributed by atoms with Gasteiger partial charge in [0.1, 0.15) is 11.3 Å². The number of anilines is 2. The molecular weight excluding hydrogens is 394 g/mol. The van der Waals surface area contributed by atoms with Crippen molar-refractivity contribution >= 4 is 61.8 Å². The number of hydrogen-bond donors (Lipinski definition) is 3. The van der Waals surface area contributed by atoms with Crippen LogP contribution in [-0.2, 0) is 0 Å². The first kappa shape index (κ1) is 18.3. The summed E-state index contributed by atoms with van der Waals surface area (Å²) in [5.41, 5.74) is 6.11. The van der Waals surface area contributed by atoms with Gasteiger partial charge in [-0.05, 0) is 73.7 Å². The Kier molecular flexibility index (Phi) is 4.65. The van der Waals surface area contributed by atoms with E-state index in [2.05, 4.69) is 15.6 Å². The summed E-state index contributed by atoms with van der Waals surface area (Å²) >= 11 is 5.47. The van der Waals surface area contributed by atoms with Crippen LogP contribution in [0.25, 0.3) is 33.1 Å². The average Bonchev–Trinajstić information content (AvgIpc) is 3.10. The highest BCUT2D eigenvalue weighted by atomic mass is 32.1. The Morgan fingerprint density at radius 2 is 1.63 bits per heavy atom. The van der Waals surface area contributed by atoms with Gasteiger partial charge in [0.05, 0.1) is 17.6 Å². The van der Waals surface area contributed by atoms with E-state index in [4.69, 9.17) is 26.9 Å². The van der Waals surface area contributed by atoms with Crippen LogP contribution >= 0.6 is 12.2 Å². The molecule has 3 N–H and O–H groups in total. The van der Waals surface area contributed by atoms with Gasteiger partial charge < -0.3 is 20.4 Å². The predicted octanol–water partition coefficient (Wildman–Crippen LogP) is 5.47. The van der Waals surface area contributed by atoms with Crippen molar-refractivity contribution in [3.05, 3.63) is 66.7 Å². The van der Waals surface area contributed by atoms with Crippen molar-refractivity contribution in [1.82, 2.24) is 15.0 Å². The molecule has 2 aromatic heterocycles. The summed E-state index contributed by atoms with van der Waals surface area (Å²) in [6.07, 6.45) is 0. The van der Waals surface area contributed by atoms with Gasteiger partial charge >= 0.3 is 0 Å². The van der Waals surface area contributed by atoms with E-state index in [0.717, 1.165) is 50.2 Å². The van der Waals surface area contributed by atoms with Crippen LogP contribution in [0.4, 0.5) is 11.4 Å². The van der Waals surface area contributed by atoms with Crippen molar-refractivity contribution in [2.75, 3.05) is 17.2 Å². The molecule has 0 saturated heterocycles. The van der Waals surface area contributed by atoms with Gasteiger partial charge in [0, 0.05) is 22.3 Å². The monoisotopic (exact) mass is 413 g/mol. The Morgan fingerprint density at radius 1 is 0.933 bits per heavy atom. The molecule has 0 aliphatic heterocycles. The fourth-order valence-electron chi connectivity index (χ4n) is 3.42. The SMILES string of the molecule is CCOc1ccc(NC(=S)Nc2ccc3[nH]c4nc5ccccc5nc4c3c2)cc1. The number of aromatic amines is 1. The number of H-pyrrole nitrogens is 1. The highest BCUT2D eigenvalue weighted by Gasteiger charge is 2.10. The van der Waals surface area contributed by atoms with Crippen LogP contribution in [0.2, 0.25) is 0 Å². The van der Waals surface area contributed by atoms with E-state index in [9.17, 15) is 0 Å². The van der Waals surface area contributed by atoms with E-state index >= 15 is 0 Å². The lowest BCUT2D eigenvalue weighted by molar-refractivity contribution is 0.340. The van der Waals surface area contributed by atoms with Gasteiger partial charge in [0.25, 0.3) is 0 Å². The van der Waals surface area contributed by atoms with E-state index in [-0.39, 0.29) is 0 Å². The number of ether oxygens (including phenoxy) is 1. The van der Waals surface area contributed by atoms with Gasteiger partial charge in [0.2, 0.25) is 0 Å². The number of nitrogens with one attached hydrogen (secondary N) is 3. The second kappa shape index (κ2) is 7.61. The van der Waals surface area contributed by atoms with Gasteiger partial charge in [-0.2, -0.15) is 0 Å². The van der Waals surface area contributed by atoms with E-state index in [0.29, 0.717) is 11.7 Å². The van der Waals surface area contributed by atoms with Crippen molar-refractivity contribution in [3.8, 4) is 5.75 Å². The number of benzene rings is 3. The van der Waals surface area contributed by atoms with Crippen LogP contribution in [-0.4, -0.2) is 26.7 Å². The molecular formula is C23H19N5OS. The van der Waals surface area contributed by atoms with Gasteiger partial charge in [0.15, 0.2) is 10.8 Å². The molecule has 6 nitrogen and oxygen atoms in total. The Morgan fingerprint density at radius 3 is 2.40 bits per heavy atom. The molecule has 0 saturated carbocycles. The molecule has 5 rings (SSSR count). The molecule has 3 aromatic carbocycles. The quantitative estimate of drug-likeness (QED) is 0.339. The Balaban J connectivity index is 1.40. The maximum Gasteiger partial charge on any atom is 0.175 e. The van der Waals surface area contributed by atoms with Crippen LogP contribution in [0.1, 0.15) is 6.92 Å². The van der Waals surface area contributed by atoms with Gasteiger partial charge in [-0.1, -0.05) is 12.1 Å². The molecule has 0 aliphatic carbocycles. The maximum absolute atomic E-state index is 5.47. The van der Waals surface area contributed by atoms with E-state index in [1.807, 2.05) is 73.7 Å². The largest absolute Gasteiger partial charge is 0.494 e. The lowest BCUT2D eigenvalue weighted by Gasteiger charge is -2.11. The lowest BCUT2D eigenvalue weighted by Crippen LogP contribution is -2.18. The van der Waals surface area contributed by atoms with Crippen molar-refractivity contribution in [2.24, 2.45) is 0 Å². The predicted molar refractivity (Wildman–Crippen MR) is 126 cm³/mol. The van der Waals surface area contributed by atoms with Crippen LogP contribution in [0.3, 0.4) is 0 Å². The molecule has 0 fully saturated rings. The summed E-state index contributed by atoms with van der Waals surface area (Å²) in [6, 6.07) is 21.6. The minimum absolute atomic E-state index is 0.509. The van der Waals surface area contributed by atoms with Gasteiger partial charge in [-0.3, -0.25) is 0 Å². The normalized spacial score (nSPS) is 11.1. The summed E-state index contributed by atoms with van der Waals surface area (Å²) in [5.74, 6) is 0.834. The first-order valence-electron chi connectivity index (χ1n) is 9.69. The molecule has 0 unspecified atom stereocenters. The highest BCUT2D eigenvalue weighted by Crippen LogP contribution is 2.27. The van der Waals surface area contributed by atoms with Crippen LogP contribution in [0, 0.1) is 0 Å². The fraction of sp³-hybridized carbons (Fsp3) is 0.0870. The lowest BCUT2D eigenvalue weighted by atomic mass is 10.2. The molecule has 0 radical (unpaired) electrons. The molecule has 30 heavy (non-hydrogen) atoms. The third kappa shape index (κ3) is 3.51. The topological polar surface area (TPSA) is 74.9 Å². The standard InChI is InChI=1S/C23H19N5OS/c1-2-29-16-10-7-14(8-11-16)24-23(30)25-15-9-12-18-17(13-15)21-22(27-18)28-20-6-4-3-5-19(20)26-21/h3-13H,2H2,1H3,(H,27,28)(H2,24,25,30). The number of para-hydroxylation sites is 2. The smallest absolute Gasteiger partial charge is 0.175 e. The summed E-state index contributed by atoms with van der Waals surface area (Å²) in [4.78, 5) is 12.8. The Labute approximate surface area is 178 Å². The van der Waals surface area contributed by atoms with E-state index < -0.39 is 0 Å². The van der Waals surface area contributed by atoms with Crippen LogP contribution in [0.15, 0.2) is 66.7 Å². The Bertz CT molecular complexity index is 1380. The molecule has 0 atom stereocenters. The molecule has 0 amide bonds. The average molecular weight is 414 g/mol. The van der Waals surface area contributed by atoms with Crippen molar-refractivity contribution in [3.63, 3.8) is 0 Å². The number of rotatable bonds is 4. The number of hydrogen-bond acceptors (Lipinski definition) is 4. The highest BCUT2D eigenvalue weighted by molar-refractivity contribution is 7.80. The summed E-state index contributed by atoms with van der Waals surface area (Å²) in [6.45, 7) is 2.60. The fourth-order valence-corrected chi connectivity index (χ4v) is 3.66. The summed E-state index contributed by atoms with van der Waals surface area (Å²) in [7, 11) is 0. The zero-order valence-electron chi connectivity index (χ0n) is 16.3. The van der Waals surface area contributed by atoms with Crippen molar-refractivity contribution < 1.29 is 4.74 Å². The first-order valence-corrected chi connectivity index (χ1v) is 10.1. The molecule has 2 heterocycles. The van der Waals surface area contributed by atoms with Crippen molar-refractivity contribution in [2.45, 2.75) is 6.92 Å². The third-order valence-corrected chi connectivity index (χ3v) is 4.98. The Hall–Kier alpha value is -3.71.